The van der Waals surface area contributed by atoms with Gasteiger partial charge < -0.3 is 14.5 Å². The van der Waals surface area contributed by atoms with Gasteiger partial charge in [0.1, 0.15) is 5.75 Å². The third kappa shape index (κ3) is 4.47. The van der Waals surface area contributed by atoms with Crippen LogP contribution in [0.1, 0.15) is 23.4 Å². The zero-order valence-corrected chi connectivity index (χ0v) is 14.9. The molecule has 6 heteroatoms. The summed E-state index contributed by atoms with van der Waals surface area (Å²) in [7, 11) is 1.59. The number of aryl methyl sites for hydroxylation is 2. The Morgan fingerprint density at radius 2 is 2.00 bits per heavy atom. The summed E-state index contributed by atoms with van der Waals surface area (Å²) in [5.41, 5.74) is 2.98. The number of methoxy groups -OCH3 is 1. The minimum absolute atomic E-state index is 0.0523. The van der Waals surface area contributed by atoms with E-state index in [0.717, 1.165) is 11.1 Å². The molecule has 1 amide bonds. The van der Waals surface area contributed by atoms with E-state index in [1.807, 2.05) is 49.4 Å². The van der Waals surface area contributed by atoms with Crippen molar-refractivity contribution in [3.63, 3.8) is 0 Å². The number of aromatic nitrogens is 2. The van der Waals surface area contributed by atoms with Crippen molar-refractivity contribution < 1.29 is 13.9 Å². The van der Waals surface area contributed by atoms with Gasteiger partial charge in [-0.05, 0) is 24.6 Å². The van der Waals surface area contributed by atoms with E-state index in [0.29, 0.717) is 36.9 Å². The maximum Gasteiger partial charge on any atom is 0.251 e. The molecule has 6 nitrogen and oxygen atoms in total. The molecule has 0 atom stereocenters. The molecule has 0 bridgehead atoms. The van der Waals surface area contributed by atoms with Crippen molar-refractivity contribution in [1.29, 1.82) is 0 Å². The Hall–Kier alpha value is -3.15. The highest BCUT2D eigenvalue weighted by Crippen LogP contribution is 2.28. The van der Waals surface area contributed by atoms with Gasteiger partial charge in [0.15, 0.2) is 0 Å². The van der Waals surface area contributed by atoms with E-state index in [1.165, 1.54) is 5.56 Å². The first-order chi connectivity index (χ1) is 12.7. The van der Waals surface area contributed by atoms with Crippen LogP contribution in [0.5, 0.6) is 5.75 Å². The van der Waals surface area contributed by atoms with Crippen molar-refractivity contribution in [1.82, 2.24) is 15.5 Å². The summed E-state index contributed by atoms with van der Waals surface area (Å²) in [6.07, 6.45) is 0.682. The second-order valence-electron chi connectivity index (χ2n) is 5.97. The van der Waals surface area contributed by atoms with Gasteiger partial charge >= 0.3 is 0 Å². The molecule has 1 aromatic heterocycles. The predicted octanol–water partition coefficient (Wildman–Crippen LogP) is 3.30. The fourth-order valence-corrected chi connectivity index (χ4v) is 2.62. The lowest BCUT2D eigenvalue weighted by Crippen LogP contribution is -2.23. The molecule has 1 N–H and O–H groups in total. The number of carbonyl (C=O) groups is 1. The quantitative estimate of drug-likeness (QED) is 0.707. The molecule has 3 aromatic rings. The average Bonchev–Trinajstić information content (AvgIpc) is 3.13. The summed E-state index contributed by atoms with van der Waals surface area (Å²) in [5.74, 6) is 1.43. The van der Waals surface area contributed by atoms with Crippen molar-refractivity contribution in [3.8, 4) is 17.2 Å². The van der Waals surface area contributed by atoms with Crippen molar-refractivity contribution >= 4 is 5.91 Å². The lowest BCUT2D eigenvalue weighted by molar-refractivity contribution is -0.121. The molecule has 3 rings (SSSR count). The zero-order valence-electron chi connectivity index (χ0n) is 14.9. The summed E-state index contributed by atoms with van der Waals surface area (Å²) in [6.45, 7) is 2.54. The molecule has 0 aliphatic carbocycles. The van der Waals surface area contributed by atoms with Crippen LogP contribution < -0.4 is 10.1 Å². The van der Waals surface area contributed by atoms with Crippen molar-refractivity contribution in [2.45, 2.75) is 26.3 Å². The normalized spacial score (nSPS) is 10.5. The van der Waals surface area contributed by atoms with E-state index < -0.39 is 0 Å². The number of para-hydroxylation sites is 1. The Balaban J connectivity index is 1.54. The maximum absolute atomic E-state index is 12.0. The van der Waals surface area contributed by atoms with Crippen LogP contribution in [0.3, 0.4) is 0 Å². The second kappa shape index (κ2) is 8.29. The van der Waals surface area contributed by atoms with Crippen LogP contribution in [0.4, 0.5) is 0 Å². The van der Waals surface area contributed by atoms with Gasteiger partial charge in [-0.2, -0.15) is 0 Å². The SMILES string of the molecule is COc1ccccc1-c1nnc(CCC(=O)NCc2cccc(C)c2)o1. The Morgan fingerprint density at radius 1 is 1.15 bits per heavy atom. The number of rotatable bonds is 7. The number of hydrogen-bond acceptors (Lipinski definition) is 5. The highest BCUT2D eigenvalue weighted by molar-refractivity contribution is 5.76. The van der Waals surface area contributed by atoms with Crippen LogP contribution in [0.15, 0.2) is 52.9 Å². The number of carbonyl (C=O) groups excluding carboxylic acids is 1. The summed E-state index contributed by atoms with van der Waals surface area (Å²) in [5, 5.41) is 11.0. The smallest absolute Gasteiger partial charge is 0.251 e. The van der Waals surface area contributed by atoms with Gasteiger partial charge in [-0.25, -0.2) is 0 Å². The van der Waals surface area contributed by atoms with Gasteiger partial charge in [0.05, 0.1) is 12.7 Å². The maximum atomic E-state index is 12.0. The van der Waals surface area contributed by atoms with E-state index >= 15 is 0 Å². The number of hydrogen-bond donors (Lipinski definition) is 1. The summed E-state index contributed by atoms with van der Waals surface area (Å²) >= 11 is 0. The first-order valence-corrected chi connectivity index (χ1v) is 8.43. The summed E-state index contributed by atoms with van der Waals surface area (Å²) < 4.78 is 11.0. The third-order valence-electron chi connectivity index (χ3n) is 3.94. The number of ether oxygens (including phenoxy) is 1. The van der Waals surface area contributed by atoms with Gasteiger partial charge in [-0.15, -0.1) is 10.2 Å². The first-order valence-electron chi connectivity index (χ1n) is 8.43. The van der Waals surface area contributed by atoms with Crippen LogP contribution in [-0.2, 0) is 17.8 Å². The molecule has 0 spiro atoms. The molecule has 0 saturated heterocycles. The molecule has 0 saturated carbocycles. The van der Waals surface area contributed by atoms with E-state index in [9.17, 15) is 4.79 Å². The average molecular weight is 351 g/mol. The van der Waals surface area contributed by atoms with Crippen LogP contribution in [0.2, 0.25) is 0 Å². The van der Waals surface area contributed by atoms with Gasteiger partial charge in [0.25, 0.3) is 5.89 Å². The fourth-order valence-electron chi connectivity index (χ4n) is 2.62. The number of benzene rings is 2. The van der Waals surface area contributed by atoms with E-state index in [2.05, 4.69) is 21.6 Å². The molecule has 26 heavy (non-hydrogen) atoms. The van der Waals surface area contributed by atoms with Crippen LogP contribution in [0, 0.1) is 6.92 Å². The van der Waals surface area contributed by atoms with E-state index in [1.54, 1.807) is 7.11 Å². The Morgan fingerprint density at radius 3 is 2.81 bits per heavy atom. The molecular formula is C20H21N3O3. The molecule has 0 fully saturated rings. The van der Waals surface area contributed by atoms with E-state index in [-0.39, 0.29) is 5.91 Å². The summed E-state index contributed by atoms with van der Waals surface area (Å²) in [4.78, 5) is 12.0. The lowest BCUT2D eigenvalue weighted by atomic mass is 10.1. The zero-order chi connectivity index (χ0) is 18.4. The largest absolute Gasteiger partial charge is 0.496 e. The van der Waals surface area contributed by atoms with Crippen LogP contribution >= 0.6 is 0 Å². The van der Waals surface area contributed by atoms with Gasteiger partial charge in [0.2, 0.25) is 11.8 Å². The van der Waals surface area contributed by atoms with Crippen LogP contribution in [0.25, 0.3) is 11.5 Å². The topological polar surface area (TPSA) is 77.2 Å². The van der Waals surface area contributed by atoms with Gasteiger partial charge in [0, 0.05) is 19.4 Å². The fraction of sp³-hybridized carbons (Fsp3) is 0.250. The summed E-state index contributed by atoms with van der Waals surface area (Å²) in [6, 6.07) is 15.5. The number of amides is 1. The Bertz CT molecular complexity index is 889. The minimum Gasteiger partial charge on any atom is -0.496 e. The minimum atomic E-state index is -0.0523. The molecule has 134 valence electrons. The van der Waals surface area contributed by atoms with Crippen molar-refractivity contribution in [2.24, 2.45) is 0 Å². The molecule has 0 aliphatic heterocycles. The molecule has 0 unspecified atom stereocenters. The predicted molar refractivity (Wildman–Crippen MR) is 97.6 cm³/mol. The van der Waals surface area contributed by atoms with Crippen molar-refractivity contribution in [2.75, 3.05) is 7.11 Å². The lowest BCUT2D eigenvalue weighted by Gasteiger charge is -2.05. The van der Waals surface area contributed by atoms with Crippen LogP contribution in [-0.4, -0.2) is 23.2 Å². The highest BCUT2D eigenvalue weighted by atomic mass is 16.5. The van der Waals surface area contributed by atoms with E-state index in [4.69, 9.17) is 9.15 Å². The third-order valence-corrected chi connectivity index (χ3v) is 3.94. The van der Waals surface area contributed by atoms with Gasteiger partial charge in [-0.1, -0.05) is 42.0 Å². The molecular weight excluding hydrogens is 330 g/mol. The Labute approximate surface area is 152 Å². The number of nitrogens with zero attached hydrogens (tertiary/aromatic N) is 2. The number of nitrogens with one attached hydrogen (secondary N) is 1. The van der Waals surface area contributed by atoms with Gasteiger partial charge in [-0.3, -0.25) is 4.79 Å². The first kappa shape index (κ1) is 17.7. The Kier molecular flexibility index (Phi) is 5.63. The molecule has 0 aliphatic rings. The molecule has 2 aromatic carbocycles. The molecule has 1 heterocycles. The second-order valence-corrected chi connectivity index (χ2v) is 5.97. The highest BCUT2D eigenvalue weighted by Gasteiger charge is 2.13. The van der Waals surface area contributed by atoms with Crippen molar-refractivity contribution in [3.05, 3.63) is 65.5 Å². The standard InChI is InChI=1S/C20H21N3O3/c1-14-6-5-7-15(12-14)13-21-18(24)10-11-19-22-23-20(26-19)16-8-3-4-9-17(16)25-2/h3-9,12H,10-11,13H2,1-2H3,(H,21,24). The monoisotopic (exact) mass is 351 g/mol. The molecule has 0 radical (unpaired) electrons.